The molecule has 0 saturated heterocycles. The lowest BCUT2D eigenvalue weighted by Gasteiger charge is -2.15. The summed E-state index contributed by atoms with van der Waals surface area (Å²) in [5, 5.41) is 5.82. The van der Waals surface area contributed by atoms with Crippen molar-refractivity contribution in [3.05, 3.63) is 59.7 Å². The third kappa shape index (κ3) is 5.10. The minimum absolute atomic E-state index is 0.0814. The Hall–Kier alpha value is -2.27. The molecule has 0 unspecified atom stereocenters. The summed E-state index contributed by atoms with van der Waals surface area (Å²) < 4.78 is 0. The molecule has 25 heavy (non-hydrogen) atoms. The first-order valence-electron chi connectivity index (χ1n) is 8.49. The highest BCUT2D eigenvalue weighted by Gasteiger charge is 2.16. The van der Waals surface area contributed by atoms with Gasteiger partial charge in [-0.15, -0.1) is 11.8 Å². The molecule has 1 atom stereocenters. The lowest BCUT2D eigenvalue weighted by atomic mass is 10.1. The molecule has 2 aromatic rings. The van der Waals surface area contributed by atoms with Gasteiger partial charge in [0.1, 0.15) is 0 Å². The molecule has 0 fully saturated rings. The zero-order chi connectivity index (χ0) is 18.2. The Morgan fingerprint density at radius 1 is 0.960 bits per heavy atom. The largest absolute Gasteiger partial charge is 0.350 e. The van der Waals surface area contributed by atoms with Gasteiger partial charge in [0, 0.05) is 10.9 Å². The van der Waals surface area contributed by atoms with E-state index in [1.165, 1.54) is 0 Å². The molecule has 0 aliphatic rings. The first-order chi connectivity index (χ1) is 12.1. The summed E-state index contributed by atoms with van der Waals surface area (Å²) in [6.45, 7) is 6.02. The van der Waals surface area contributed by atoms with Crippen molar-refractivity contribution >= 4 is 29.3 Å². The standard InChI is InChI=1S/C20H24N2O2S/c1-4-14(3)21-19(23)15-10-6-8-12-17(15)22-20(24)16-11-7-9-13-18(16)25-5-2/h6-14H,4-5H2,1-3H3,(H,21,23)(H,22,24)/t14-/m0/s1. The molecule has 0 saturated carbocycles. The molecule has 132 valence electrons. The van der Waals surface area contributed by atoms with E-state index in [2.05, 4.69) is 10.6 Å². The summed E-state index contributed by atoms with van der Waals surface area (Å²) in [6.07, 6.45) is 0.849. The fraction of sp³-hybridized carbons (Fsp3) is 0.300. The summed E-state index contributed by atoms with van der Waals surface area (Å²) >= 11 is 1.62. The second kappa shape index (κ2) is 9.28. The van der Waals surface area contributed by atoms with Gasteiger partial charge in [0.25, 0.3) is 11.8 Å². The fourth-order valence-corrected chi connectivity index (χ4v) is 3.12. The van der Waals surface area contributed by atoms with Gasteiger partial charge in [0.2, 0.25) is 0 Å². The van der Waals surface area contributed by atoms with Crippen molar-refractivity contribution in [2.45, 2.75) is 38.1 Å². The van der Waals surface area contributed by atoms with Crippen LogP contribution in [0.1, 0.15) is 47.9 Å². The number of carbonyl (C=O) groups excluding carboxylic acids is 2. The van der Waals surface area contributed by atoms with Crippen molar-refractivity contribution in [3.8, 4) is 0 Å². The van der Waals surface area contributed by atoms with E-state index in [9.17, 15) is 9.59 Å². The number of hydrogen-bond acceptors (Lipinski definition) is 3. The van der Waals surface area contributed by atoms with Crippen LogP contribution >= 0.6 is 11.8 Å². The van der Waals surface area contributed by atoms with E-state index >= 15 is 0 Å². The Bertz CT molecular complexity index is 746. The van der Waals surface area contributed by atoms with Crippen molar-refractivity contribution in [1.82, 2.24) is 5.32 Å². The number of anilines is 1. The van der Waals surface area contributed by atoms with Gasteiger partial charge >= 0.3 is 0 Å². The monoisotopic (exact) mass is 356 g/mol. The van der Waals surface area contributed by atoms with E-state index in [-0.39, 0.29) is 17.9 Å². The van der Waals surface area contributed by atoms with Crippen LogP contribution in [0.15, 0.2) is 53.4 Å². The van der Waals surface area contributed by atoms with E-state index in [0.29, 0.717) is 16.8 Å². The number of rotatable bonds is 7. The molecule has 0 spiro atoms. The number of carbonyl (C=O) groups is 2. The summed E-state index contributed by atoms with van der Waals surface area (Å²) in [4.78, 5) is 26.1. The van der Waals surface area contributed by atoms with E-state index in [0.717, 1.165) is 17.1 Å². The number of benzene rings is 2. The number of amides is 2. The van der Waals surface area contributed by atoms with E-state index in [1.807, 2.05) is 45.0 Å². The molecule has 0 aromatic heterocycles. The molecular weight excluding hydrogens is 332 g/mol. The van der Waals surface area contributed by atoms with Crippen LogP contribution in [0.5, 0.6) is 0 Å². The van der Waals surface area contributed by atoms with Gasteiger partial charge in [-0.2, -0.15) is 0 Å². The molecule has 0 aliphatic carbocycles. The molecular formula is C20H24N2O2S. The van der Waals surface area contributed by atoms with Crippen LogP contribution in [-0.4, -0.2) is 23.6 Å². The summed E-state index contributed by atoms with van der Waals surface area (Å²) in [6, 6.07) is 14.7. The van der Waals surface area contributed by atoms with Crippen LogP contribution in [0.25, 0.3) is 0 Å². The van der Waals surface area contributed by atoms with Gasteiger partial charge in [-0.1, -0.05) is 38.1 Å². The van der Waals surface area contributed by atoms with Gasteiger partial charge in [0.15, 0.2) is 0 Å². The molecule has 2 rings (SSSR count). The third-order valence-corrected chi connectivity index (χ3v) is 4.80. The van der Waals surface area contributed by atoms with Crippen molar-refractivity contribution < 1.29 is 9.59 Å². The predicted molar refractivity (Wildman–Crippen MR) is 104 cm³/mol. The maximum absolute atomic E-state index is 12.7. The zero-order valence-corrected chi connectivity index (χ0v) is 15.7. The van der Waals surface area contributed by atoms with E-state index < -0.39 is 0 Å². The van der Waals surface area contributed by atoms with Crippen molar-refractivity contribution in [3.63, 3.8) is 0 Å². The minimum atomic E-state index is -0.208. The third-order valence-electron chi connectivity index (χ3n) is 3.84. The van der Waals surface area contributed by atoms with Crippen LogP contribution in [0, 0.1) is 0 Å². The van der Waals surface area contributed by atoms with E-state index in [4.69, 9.17) is 0 Å². The second-order valence-corrected chi connectivity index (χ2v) is 7.02. The van der Waals surface area contributed by atoms with Crippen molar-refractivity contribution in [1.29, 1.82) is 0 Å². The Balaban J connectivity index is 2.23. The lowest BCUT2D eigenvalue weighted by molar-refractivity contribution is 0.0940. The normalized spacial score (nSPS) is 11.6. The summed E-state index contributed by atoms with van der Waals surface area (Å²) in [7, 11) is 0. The number of hydrogen-bond donors (Lipinski definition) is 2. The maximum Gasteiger partial charge on any atom is 0.256 e. The van der Waals surface area contributed by atoms with Crippen LogP contribution in [-0.2, 0) is 0 Å². The number of para-hydroxylation sites is 1. The Labute approximate surface area is 153 Å². The Morgan fingerprint density at radius 3 is 2.28 bits per heavy atom. The van der Waals surface area contributed by atoms with Gasteiger partial charge in [0.05, 0.1) is 16.8 Å². The van der Waals surface area contributed by atoms with Crippen LogP contribution in [0.4, 0.5) is 5.69 Å². The van der Waals surface area contributed by atoms with Gasteiger partial charge in [-0.25, -0.2) is 0 Å². The topological polar surface area (TPSA) is 58.2 Å². The molecule has 0 heterocycles. The van der Waals surface area contributed by atoms with Gasteiger partial charge in [-0.05, 0) is 43.4 Å². The first-order valence-corrected chi connectivity index (χ1v) is 9.48. The fourth-order valence-electron chi connectivity index (χ4n) is 2.32. The molecule has 5 heteroatoms. The highest BCUT2D eigenvalue weighted by molar-refractivity contribution is 7.99. The highest BCUT2D eigenvalue weighted by atomic mass is 32.2. The van der Waals surface area contributed by atoms with E-state index in [1.54, 1.807) is 36.0 Å². The lowest BCUT2D eigenvalue weighted by Crippen LogP contribution is -2.32. The smallest absolute Gasteiger partial charge is 0.256 e. The first kappa shape index (κ1) is 19.1. The SMILES string of the molecule is CCSc1ccccc1C(=O)Nc1ccccc1C(=O)N[C@@H](C)CC. The number of thioether (sulfide) groups is 1. The summed E-state index contributed by atoms with van der Waals surface area (Å²) in [5.41, 5.74) is 1.60. The molecule has 0 aliphatic heterocycles. The highest BCUT2D eigenvalue weighted by Crippen LogP contribution is 2.24. The van der Waals surface area contributed by atoms with Crippen molar-refractivity contribution in [2.75, 3.05) is 11.1 Å². The molecule has 0 bridgehead atoms. The average molecular weight is 356 g/mol. The predicted octanol–water partition coefficient (Wildman–Crippen LogP) is 4.58. The zero-order valence-electron chi connectivity index (χ0n) is 14.8. The van der Waals surface area contributed by atoms with Gasteiger partial charge < -0.3 is 10.6 Å². The number of nitrogens with one attached hydrogen (secondary N) is 2. The van der Waals surface area contributed by atoms with Crippen LogP contribution in [0.3, 0.4) is 0 Å². The van der Waals surface area contributed by atoms with Crippen molar-refractivity contribution in [2.24, 2.45) is 0 Å². The molecule has 4 nitrogen and oxygen atoms in total. The average Bonchev–Trinajstić information content (AvgIpc) is 2.62. The minimum Gasteiger partial charge on any atom is -0.350 e. The molecule has 2 N–H and O–H groups in total. The quantitative estimate of drug-likeness (QED) is 0.714. The maximum atomic E-state index is 12.7. The Kier molecular flexibility index (Phi) is 7.07. The molecule has 2 amide bonds. The summed E-state index contributed by atoms with van der Waals surface area (Å²) in [5.74, 6) is 0.500. The Morgan fingerprint density at radius 2 is 1.60 bits per heavy atom. The van der Waals surface area contributed by atoms with Crippen LogP contribution in [0.2, 0.25) is 0 Å². The molecule has 0 radical (unpaired) electrons. The molecule has 2 aromatic carbocycles. The van der Waals surface area contributed by atoms with Gasteiger partial charge in [-0.3, -0.25) is 9.59 Å². The van der Waals surface area contributed by atoms with Crippen LogP contribution < -0.4 is 10.6 Å². The second-order valence-electron chi connectivity index (χ2n) is 5.71.